The fraction of sp³-hybridized carbons (Fsp3) is 0.900. The van der Waals surface area contributed by atoms with Crippen molar-refractivity contribution in [3.05, 3.63) is 0 Å². The van der Waals surface area contributed by atoms with Crippen LogP contribution in [-0.2, 0) is 13.8 Å². The van der Waals surface area contributed by atoms with Gasteiger partial charge < -0.3 is 9.26 Å². The maximum absolute atomic E-state index is 12.3. The zero-order valence-electron chi connectivity index (χ0n) is 11.1. The molecule has 0 saturated carbocycles. The van der Waals surface area contributed by atoms with E-state index in [0.29, 0.717) is 0 Å². The third-order valence-electron chi connectivity index (χ3n) is 1.78. The van der Waals surface area contributed by atoms with Gasteiger partial charge in [-0.1, -0.05) is 0 Å². The van der Waals surface area contributed by atoms with Crippen LogP contribution in [0.2, 0.25) is 0 Å². The first-order chi connectivity index (χ1) is 6.91. The lowest BCUT2D eigenvalue weighted by Crippen LogP contribution is -2.35. The first kappa shape index (κ1) is 15.5. The molecule has 0 heterocycles. The summed E-state index contributed by atoms with van der Waals surface area (Å²) in [5, 5.41) is 1.64. The van der Waals surface area contributed by atoms with Crippen LogP contribution in [-0.4, -0.2) is 24.0 Å². The molecule has 0 spiro atoms. The summed E-state index contributed by atoms with van der Waals surface area (Å²) in [6.45, 7) is 10.4. The minimum Gasteiger partial charge on any atom is -0.444 e. The topological polar surface area (TPSA) is 64.6 Å². The van der Waals surface area contributed by atoms with Gasteiger partial charge in [-0.15, -0.1) is 0 Å². The van der Waals surface area contributed by atoms with Crippen molar-refractivity contribution in [1.29, 1.82) is 0 Å². The number of ether oxygens (including phenoxy) is 1. The second-order valence-electron chi connectivity index (χ2n) is 5.52. The van der Waals surface area contributed by atoms with Gasteiger partial charge in [-0.3, -0.25) is 4.57 Å². The molecular formula is C10H22NO4P. The first-order valence-corrected chi connectivity index (χ1v) is 6.71. The summed E-state index contributed by atoms with van der Waals surface area (Å²) in [6, 6.07) is 0. The van der Waals surface area contributed by atoms with Crippen molar-refractivity contribution in [1.82, 2.24) is 5.09 Å². The van der Waals surface area contributed by atoms with E-state index in [2.05, 4.69) is 5.09 Å². The van der Waals surface area contributed by atoms with Gasteiger partial charge in [0, 0.05) is 7.11 Å². The summed E-state index contributed by atoms with van der Waals surface area (Å²) < 4.78 is 22.2. The molecule has 5 nitrogen and oxygen atoms in total. The van der Waals surface area contributed by atoms with Gasteiger partial charge in [0.1, 0.15) is 5.60 Å². The van der Waals surface area contributed by atoms with Crippen LogP contribution in [0.3, 0.4) is 0 Å². The predicted molar refractivity (Wildman–Crippen MR) is 63.7 cm³/mol. The number of hydrogen-bond acceptors (Lipinski definition) is 4. The monoisotopic (exact) mass is 251 g/mol. The highest BCUT2D eigenvalue weighted by Gasteiger charge is 2.39. The molecule has 0 aliphatic heterocycles. The van der Waals surface area contributed by atoms with Crippen molar-refractivity contribution in [3.8, 4) is 0 Å². The molecule has 96 valence electrons. The number of hydrogen-bond donors (Lipinski definition) is 1. The fourth-order valence-electron chi connectivity index (χ4n) is 0.908. The number of carbonyl (C=O) groups is 1. The zero-order chi connectivity index (χ0) is 13.2. The number of nitrogens with one attached hydrogen (secondary N) is 1. The van der Waals surface area contributed by atoms with Crippen LogP contribution in [0.15, 0.2) is 0 Å². The number of carbonyl (C=O) groups excluding carboxylic acids is 1. The van der Waals surface area contributed by atoms with Gasteiger partial charge >= 0.3 is 13.6 Å². The molecule has 0 rings (SSSR count). The summed E-state index contributed by atoms with van der Waals surface area (Å²) in [6.07, 6.45) is -0.729. The lowest BCUT2D eigenvalue weighted by atomic mass is 10.2. The van der Waals surface area contributed by atoms with E-state index in [0.717, 1.165) is 0 Å². The van der Waals surface area contributed by atoms with Gasteiger partial charge in [-0.2, -0.15) is 0 Å². The molecule has 16 heavy (non-hydrogen) atoms. The summed E-state index contributed by atoms with van der Waals surface area (Å²) in [5.74, 6) is 0. The zero-order valence-corrected chi connectivity index (χ0v) is 12.0. The third-order valence-corrected chi connectivity index (χ3v) is 4.54. The molecule has 1 N–H and O–H groups in total. The molecule has 0 bridgehead atoms. The van der Waals surface area contributed by atoms with E-state index in [4.69, 9.17) is 9.26 Å². The Balaban J connectivity index is 4.71. The molecule has 6 heteroatoms. The fourth-order valence-corrected chi connectivity index (χ4v) is 2.17. The lowest BCUT2D eigenvalue weighted by molar-refractivity contribution is 0.0560. The van der Waals surface area contributed by atoms with Crippen molar-refractivity contribution in [3.63, 3.8) is 0 Å². The molecule has 0 fully saturated rings. The van der Waals surface area contributed by atoms with Crippen LogP contribution in [0.25, 0.3) is 0 Å². The summed E-state index contributed by atoms with van der Waals surface area (Å²) in [7, 11) is -1.94. The van der Waals surface area contributed by atoms with E-state index in [1.54, 1.807) is 41.5 Å². The van der Waals surface area contributed by atoms with Crippen LogP contribution in [0.1, 0.15) is 41.5 Å². The lowest BCUT2D eigenvalue weighted by Gasteiger charge is -2.30. The van der Waals surface area contributed by atoms with Gasteiger partial charge in [0.2, 0.25) is 0 Å². The average Bonchev–Trinajstić information content (AvgIpc) is 1.97. The maximum Gasteiger partial charge on any atom is 0.414 e. The second kappa shape index (κ2) is 4.76. The van der Waals surface area contributed by atoms with Gasteiger partial charge in [0.05, 0.1) is 5.16 Å². The summed E-state index contributed by atoms with van der Waals surface area (Å²) >= 11 is 0. The highest BCUT2D eigenvalue weighted by atomic mass is 31.2. The Kier molecular flexibility index (Phi) is 4.60. The second-order valence-corrected chi connectivity index (χ2v) is 8.55. The van der Waals surface area contributed by atoms with E-state index < -0.39 is 24.4 Å². The Morgan fingerprint density at radius 1 is 1.12 bits per heavy atom. The number of rotatable bonds is 2. The van der Waals surface area contributed by atoms with Gasteiger partial charge in [-0.25, -0.2) is 9.88 Å². The molecule has 0 aromatic heterocycles. The molecule has 0 saturated heterocycles. The minimum atomic E-state index is -3.25. The quantitative estimate of drug-likeness (QED) is 0.766. The molecule has 0 aliphatic rings. The Bertz CT molecular complexity index is 301. The molecule has 1 unspecified atom stereocenters. The van der Waals surface area contributed by atoms with Crippen LogP contribution < -0.4 is 5.09 Å². The smallest absolute Gasteiger partial charge is 0.414 e. The SMILES string of the molecule is COP(=O)(NC(=O)OC(C)(C)C)C(C)(C)C. The van der Waals surface area contributed by atoms with Crippen molar-refractivity contribution in [2.24, 2.45) is 0 Å². The summed E-state index contributed by atoms with van der Waals surface area (Å²) in [5.41, 5.74) is -0.624. The average molecular weight is 251 g/mol. The molecular weight excluding hydrogens is 229 g/mol. The Morgan fingerprint density at radius 2 is 1.56 bits per heavy atom. The van der Waals surface area contributed by atoms with Crippen LogP contribution in [0.4, 0.5) is 4.79 Å². The Hall–Kier alpha value is -0.540. The van der Waals surface area contributed by atoms with E-state index in [-0.39, 0.29) is 0 Å². The van der Waals surface area contributed by atoms with Gasteiger partial charge in [0.15, 0.2) is 0 Å². The predicted octanol–water partition coefficient (Wildman–Crippen LogP) is 3.15. The standard InChI is InChI=1S/C10H22NO4P/c1-9(2,3)15-8(12)11-16(13,14-7)10(4,5)6/h1-7H3,(H,11,12,13). The highest BCUT2D eigenvalue weighted by molar-refractivity contribution is 7.59. The van der Waals surface area contributed by atoms with Gasteiger partial charge in [0.25, 0.3) is 0 Å². The van der Waals surface area contributed by atoms with E-state index in [1.807, 2.05) is 0 Å². The van der Waals surface area contributed by atoms with Crippen LogP contribution in [0.5, 0.6) is 0 Å². The van der Waals surface area contributed by atoms with E-state index >= 15 is 0 Å². The maximum atomic E-state index is 12.3. The Morgan fingerprint density at radius 3 is 1.81 bits per heavy atom. The van der Waals surface area contributed by atoms with E-state index in [9.17, 15) is 9.36 Å². The van der Waals surface area contributed by atoms with Crippen LogP contribution >= 0.6 is 7.52 Å². The molecule has 1 atom stereocenters. The Labute approximate surface area is 97.4 Å². The minimum absolute atomic E-state index is 0.624. The highest BCUT2D eigenvalue weighted by Crippen LogP contribution is 2.54. The molecule has 0 aromatic rings. The molecule has 1 amide bonds. The van der Waals surface area contributed by atoms with Crippen molar-refractivity contribution in [2.45, 2.75) is 52.3 Å². The molecule has 0 aromatic carbocycles. The van der Waals surface area contributed by atoms with E-state index in [1.165, 1.54) is 7.11 Å². The largest absolute Gasteiger partial charge is 0.444 e. The number of amides is 1. The first-order valence-electron chi connectivity index (χ1n) is 5.08. The van der Waals surface area contributed by atoms with Crippen molar-refractivity contribution < 1.29 is 18.6 Å². The molecule has 0 aliphatic carbocycles. The third kappa shape index (κ3) is 4.54. The van der Waals surface area contributed by atoms with Crippen molar-refractivity contribution >= 4 is 13.6 Å². The van der Waals surface area contributed by atoms with Crippen LogP contribution in [0, 0.1) is 0 Å². The molecule has 0 radical (unpaired) electrons. The van der Waals surface area contributed by atoms with Gasteiger partial charge in [-0.05, 0) is 41.5 Å². The van der Waals surface area contributed by atoms with Crippen molar-refractivity contribution in [2.75, 3.05) is 7.11 Å². The summed E-state index contributed by atoms with van der Waals surface area (Å²) in [4.78, 5) is 11.5. The normalized spacial score (nSPS) is 16.4.